The summed E-state index contributed by atoms with van der Waals surface area (Å²) in [4.78, 5) is 7.71. The van der Waals surface area contributed by atoms with Gasteiger partial charge >= 0.3 is 0 Å². The summed E-state index contributed by atoms with van der Waals surface area (Å²) in [5.41, 5.74) is 0. The molecule has 0 radical (unpaired) electrons. The fourth-order valence-electron chi connectivity index (χ4n) is 5.59. The van der Waals surface area contributed by atoms with E-state index in [1.54, 1.807) is 0 Å². The molecular weight excluding hydrogens is 402 g/mol. The van der Waals surface area contributed by atoms with Gasteiger partial charge in [-0.05, 0) is 73.8 Å². The fourth-order valence-corrected chi connectivity index (χ4v) is 5.59. The number of likely N-dealkylation sites (tertiary alicyclic amines) is 1. The van der Waals surface area contributed by atoms with Crippen LogP contribution in [-0.4, -0.2) is 110 Å². The second-order valence-electron chi connectivity index (χ2n) is 11.4. The normalized spacial score (nSPS) is 34.1. The van der Waals surface area contributed by atoms with E-state index in [0.29, 0.717) is 36.8 Å². The van der Waals surface area contributed by atoms with Crippen LogP contribution in [0.15, 0.2) is 0 Å². The van der Waals surface area contributed by atoms with E-state index in [9.17, 15) is 0 Å². The molecule has 6 nitrogen and oxygen atoms in total. The summed E-state index contributed by atoms with van der Waals surface area (Å²) in [6.07, 6.45) is 4.48. The summed E-state index contributed by atoms with van der Waals surface area (Å²) >= 11 is 0. The maximum atomic E-state index is 6.57. The minimum Gasteiger partial charge on any atom is -0.378 e. The van der Waals surface area contributed by atoms with Crippen molar-refractivity contribution in [1.82, 2.24) is 14.7 Å². The second kappa shape index (κ2) is 12.5. The van der Waals surface area contributed by atoms with E-state index in [4.69, 9.17) is 14.2 Å². The molecule has 3 heterocycles. The average Bonchev–Trinajstić information content (AvgIpc) is 2.73. The number of hydrogen-bond acceptors (Lipinski definition) is 6. The first-order chi connectivity index (χ1) is 15.2. The SMILES string of the molecule is CC1CN(C(C)C)CC(CC2CN(C(C)C)CC(COCC3CCCN(C(C)C)C3)O2)O1. The van der Waals surface area contributed by atoms with Crippen LogP contribution in [0.2, 0.25) is 0 Å². The third-order valence-corrected chi connectivity index (χ3v) is 7.54. The Bertz CT molecular complexity index is 544. The van der Waals surface area contributed by atoms with E-state index in [0.717, 1.165) is 39.2 Å². The standard InChI is InChI=1S/C26H51N3O3/c1-19(2)27-10-8-9-23(13-27)17-30-18-26-16-29(21(5)6)15-25(32-26)11-24-14-28(20(3)4)12-22(7)31-24/h19-26H,8-18H2,1-7H3. The minimum absolute atomic E-state index is 0.156. The maximum absolute atomic E-state index is 6.57. The summed E-state index contributed by atoms with van der Waals surface area (Å²) in [6.45, 7) is 24.0. The summed E-state index contributed by atoms with van der Waals surface area (Å²) in [5.74, 6) is 0.658. The van der Waals surface area contributed by atoms with Gasteiger partial charge in [0.15, 0.2) is 0 Å². The zero-order chi connectivity index (χ0) is 23.3. The Hall–Kier alpha value is -0.240. The Kier molecular flexibility index (Phi) is 10.3. The summed E-state index contributed by atoms with van der Waals surface area (Å²) in [6, 6.07) is 1.73. The van der Waals surface area contributed by atoms with Crippen LogP contribution in [0.5, 0.6) is 0 Å². The molecule has 0 spiro atoms. The first kappa shape index (κ1) is 26.4. The lowest BCUT2D eigenvalue weighted by atomic mass is 9.98. The smallest absolute Gasteiger partial charge is 0.0939 e. The molecule has 0 bridgehead atoms. The lowest BCUT2D eigenvalue weighted by Crippen LogP contribution is -2.55. The quantitative estimate of drug-likeness (QED) is 0.532. The Morgan fingerprint density at radius 2 is 1.31 bits per heavy atom. The van der Waals surface area contributed by atoms with Crippen LogP contribution in [-0.2, 0) is 14.2 Å². The number of morpholine rings is 2. The third-order valence-electron chi connectivity index (χ3n) is 7.54. The molecule has 0 aromatic heterocycles. The first-order valence-corrected chi connectivity index (χ1v) is 13.3. The molecule has 0 aromatic rings. The monoisotopic (exact) mass is 453 g/mol. The van der Waals surface area contributed by atoms with Crippen LogP contribution in [0.25, 0.3) is 0 Å². The topological polar surface area (TPSA) is 37.4 Å². The Balaban J connectivity index is 1.48. The Morgan fingerprint density at radius 3 is 1.97 bits per heavy atom. The molecule has 0 aliphatic carbocycles. The second-order valence-corrected chi connectivity index (χ2v) is 11.4. The predicted molar refractivity (Wildman–Crippen MR) is 131 cm³/mol. The molecule has 6 heteroatoms. The molecule has 3 rings (SSSR count). The van der Waals surface area contributed by atoms with Crippen molar-refractivity contribution in [3.63, 3.8) is 0 Å². The van der Waals surface area contributed by atoms with E-state index in [1.165, 1.54) is 25.9 Å². The largest absolute Gasteiger partial charge is 0.378 e. The van der Waals surface area contributed by atoms with Gasteiger partial charge in [0.05, 0.1) is 37.6 Å². The van der Waals surface area contributed by atoms with Crippen LogP contribution < -0.4 is 0 Å². The molecular formula is C26H51N3O3. The number of ether oxygens (including phenoxy) is 3. The van der Waals surface area contributed by atoms with E-state index in [2.05, 4.69) is 63.2 Å². The molecule has 3 aliphatic rings. The molecule has 0 amide bonds. The molecule has 3 saturated heterocycles. The van der Waals surface area contributed by atoms with Crippen LogP contribution >= 0.6 is 0 Å². The van der Waals surface area contributed by atoms with E-state index < -0.39 is 0 Å². The molecule has 0 saturated carbocycles. The van der Waals surface area contributed by atoms with Gasteiger partial charge in [-0.2, -0.15) is 0 Å². The van der Waals surface area contributed by atoms with Crippen molar-refractivity contribution in [2.45, 2.75) is 110 Å². The van der Waals surface area contributed by atoms with Gasteiger partial charge in [-0.3, -0.25) is 9.80 Å². The summed E-state index contributed by atoms with van der Waals surface area (Å²) in [5, 5.41) is 0. The molecule has 0 aromatic carbocycles. The molecule has 5 atom stereocenters. The van der Waals surface area contributed by atoms with Gasteiger partial charge in [-0.1, -0.05) is 0 Å². The van der Waals surface area contributed by atoms with Gasteiger partial charge in [0.2, 0.25) is 0 Å². The van der Waals surface area contributed by atoms with Crippen molar-refractivity contribution in [1.29, 1.82) is 0 Å². The highest BCUT2D eigenvalue weighted by Crippen LogP contribution is 2.24. The van der Waals surface area contributed by atoms with Crippen molar-refractivity contribution in [3.05, 3.63) is 0 Å². The summed E-state index contributed by atoms with van der Waals surface area (Å²) < 4.78 is 19.1. The molecule has 188 valence electrons. The van der Waals surface area contributed by atoms with E-state index in [1.807, 2.05) is 0 Å². The summed E-state index contributed by atoms with van der Waals surface area (Å²) in [7, 11) is 0. The Morgan fingerprint density at radius 1 is 0.719 bits per heavy atom. The highest BCUT2D eigenvalue weighted by atomic mass is 16.5. The Labute approximate surface area is 197 Å². The van der Waals surface area contributed by atoms with E-state index >= 15 is 0 Å². The zero-order valence-corrected chi connectivity index (χ0v) is 22.0. The van der Waals surface area contributed by atoms with Gasteiger partial charge in [0, 0.05) is 57.3 Å². The van der Waals surface area contributed by atoms with Crippen molar-refractivity contribution < 1.29 is 14.2 Å². The molecule has 0 N–H and O–H groups in total. The highest BCUT2D eigenvalue weighted by Gasteiger charge is 2.34. The van der Waals surface area contributed by atoms with Gasteiger partial charge in [0.25, 0.3) is 0 Å². The van der Waals surface area contributed by atoms with Crippen molar-refractivity contribution >= 4 is 0 Å². The van der Waals surface area contributed by atoms with Gasteiger partial charge < -0.3 is 19.1 Å². The third kappa shape index (κ3) is 7.92. The number of piperidine rings is 1. The highest BCUT2D eigenvalue weighted by molar-refractivity contribution is 4.85. The van der Waals surface area contributed by atoms with Crippen molar-refractivity contribution in [2.75, 3.05) is 52.5 Å². The average molecular weight is 454 g/mol. The number of hydrogen-bond donors (Lipinski definition) is 0. The van der Waals surface area contributed by atoms with Crippen LogP contribution in [0, 0.1) is 5.92 Å². The van der Waals surface area contributed by atoms with Crippen LogP contribution in [0.1, 0.15) is 67.7 Å². The molecule has 5 unspecified atom stereocenters. The van der Waals surface area contributed by atoms with Gasteiger partial charge in [0.1, 0.15) is 0 Å². The van der Waals surface area contributed by atoms with Gasteiger partial charge in [-0.25, -0.2) is 0 Å². The molecule has 3 aliphatic heterocycles. The van der Waals surface area contributed by atoms with Crippen LogP contribution in [0.4, 0.5) is 0 Å². The molecule has 32 heavy (non-hydrogen) atoms. The minimum atomic E-state index is 0.156. The first-order valence-electron chi connectivity index (χ1n) is 13.3. The van der Waals surface area contributed by atoms with Crippen molar-refractivity contribution in [2.24, 2.45) is 5.92 Å². The molecule has 3 fully saturated rings. The van der Waals surface area contributed by atoms with Crippen molar-refractivity contribution in [3.8, 4) is 0 Å². The van der Waals surface area contributed by atoms with Crippen LogP contribution in [0.3, 0.4) is 0 Å². The zero-order valence-electron chi connectivity index (χ0n) is 22.0. The number of rotatable bonds is 9. The lowest BCUT2D eigenvalue weighted by Gasteiger charge is -2.44. The van der Waals surface area contributed by atoms with Gasteiger partial charge in [-0.15, -0.1) is 0 Å². The maximum Gasteiger partial charge on any atom is 0.0939 e. The fraction of sp³-hybridized carbons (Fsp3) is 1.00. The lowest BCUT2D eigenvalue weighted by molar-refractivity contribution is -0.152. The number of nitrogens with zero attached hydrogens (tertiary/aromatic N) is 3. The predicted octanol–water partition coefficient (Wildman–Crippen LogP) is 3.49. The van der Waals surface area contributed by atoms with E-state index in [-0.39, 0.29) is 18.3 Å².